The molecule has 2 amide bonds. The minimum Gasteiger partial charge on any atom is -0.459 e. The van der Waals surface area contributed by atoms with E-state index in [1.54, 1.807) is 16.8 Å². The molecule has 2 aromatic carbocycles. The smallest absolute Gasteiger partial charge is 0.371 e. The normalized spacial score (nSPS) is 15.4. The van der Waals surface area contributed by atoms with Crippen LogP contribution in [0.5, 0.6) is 0 Å². The number of aryl methyl sites for hydroxylation is 1. The van der Waals surface area contributed by atoms with Crippen molar-refractivity contribution < 1.29 is 14.9 Å². The zero-order valence-corrected chi connectivity index (χ0v) is 13.3. The van der Waals surface area contributed by atoms with Gasteiger partial charge in [-0.15, -0.1) is 0 Å². The number of hydrogen-bond acceptors (Lipinski definition) is 1. The highest BCUT2D eigenvalue weighted by atomic mass is 16.3. The molecular weight excluding hydrogens is 290 g/mol. The molecule has 1 aliphatic heterocycles. The van der Waals surface area contributed by atoms with Crippen molar-refractivity contribution in [2.45, 2.75) is 6.92 Å². The first-order valence-electron chi connectivity index (χ1n) is 7.57. The molecule has 23 heavy (non-hydrogen) atoms. The van der Waals surface area contributed by atoms with Gasteiger partial charge in [-0.05, 0) is 25.1 Å². The lowest BCUT2D eigenvalue weighted by Gasteiger charge is -2.15. The molecule has 5 nitrogen and oxygen atoms in total. The Balaban J connectivity index is 1.86. The molecular formula is C18H20N3O2+. The molecule has 1 fully saturated rings. The van der Waals surface area contributed by atoms with Gasteiger partial charge < -0.3 is 10.0 Å². The van der Waals surface area contributed by atoms with Gasteiger partial charge in [0, 0.05) is 32.3 Å². The molecule has 118 valence electrons. The Bertz CT molecular complexity index is 753. The van der Waals surface area contributed by atoms with Gasteiger partial charge in [-0.1, -0.05) is 23.8 Å². The molecule has 0 bridgehead atoms. The number of aliphatic hydroxyl groups is 1. The molecule has 0 radical (unpaired) electrons. The molecule has 0 aromatic heterocycles. The third-order valence-corrected chi connectivity index (χ3v) is 3.96. The summed E-state index contributed by atoms with van der Waals surface area (Å²) in [4.78, 5) is 18.5. The summed E-state index contributed by atoms with van der Waals surface area (Å²) in [5.41, 5.74) is 3.42. The van der Waals surface area contributed by atoms with Gasteiger partial charge in [-0.2, -0.15) is 4.99 Å². The lowest BCUT2D eigenvalue weighted by Crippen LogP contribution is -2.66. The van der Waals surface area contributed by atoms with E-state index in [4.69, 9.17) is 0 Å². The van der Waals surface area contributed by atoms with Crippen molar-refractivity contribution in [3.05, 3.63) is 59.7 Å². The summed E-state index contributed by atoms with van der Waals surface area (Å²) in [6.07, 6.45) is 0. The number of urea groups is 1. The summed E-state index contributed by atoms with van der Waals surface area (Å²) in [7, 11) is 1.79. The largest absolute Gasteiger partial charge is 0.459 e. The molecule has 1 heterocycles. The Labute approximate surface area is 135 Å². The van der Waals surface area contributed by atoms with E-state index in [2.05, 4.69) is 4.99 Å². The maximum atomic E-state index is 12.1. The quantitative estimate of drug-likeness (QED) is 0.668. The lowest BCUT2D eigenvalue weighted by molar-refractivity contribution is -0.364. The summed E-state index contributed by atoms with van der Waals surface area (Å²) >= 11 is 0. The number of likely N-dealkylation sites (N-methyl/N-ethyl adjacent to an activating group) is 1. The molecule has 0 aliphatic carbocycles. The standard InChI is InChI=1S/C18H19N3O2/c1-13-6-8-14(9-7-13)17(22)19-15-4-3-5-16(12-15)21-11-10-20(2)18(21)23/h3-9,12H,10-11H2,1-2H3,(H,19,22)/p+1. The van der Waals surface area contributed by atoms with Crippen LogP contribution in [0.25, 0.3) is 0 Å². The van der Waals surface area contributed by atoms with E-state index in [9.17, 15) is 9.90 Å². The fourth-order valence-electron chi connectivity index (χ4n) is 2.56. The minimum absolute atomic E-state index is 0.00566. The topological polar surface area (TPSA) is 57.8 Å². The van der Waals surface area contributed by atoms with E-state index in [0.717, 1.165) is 29.0 Å². The molecule has 3 rings (SSSR count). The Hall–Kier alpha value is -2.82. The van der Waals surface area contributed by atoms with Crippen LogP contribution in [0.4, 0.5) is 16.2 Å². The summed E-state index contributed by atoms with van der Waals surface area (Å²) in [6, 6.07) is 15.1. The number of benzene rings is 2. The Morgan fingerprint density at radius 3 is 2.52 bits per heavy atom. The van der Waals surface area contributed by atoms with Crippen LogP contribution in [-0.4, -0.2) is 42.1 Å². The van der Waals surface area contributed by atoms with Crippen LogP contribution in [0.2, 0.25) is 0 Å². The van der Waals surface area contributed by atoms with Gasteiger partial charge in [0.2, 0.25) is 5.69 Å². The van der Waals surface area contributed by atoms with Gasteiger partial charge in [0.15, 0.2) is 0 Å². The van der Waals surface area contributed by atoms with Crippen molar-refractivity contribution in [1.29, 1.82) is 0 Å². The second-order valence-electron chi connectivity index (χ2n) is 5.75. The first kappa shape index (κ1) is 15.1. The van der Waals surface area contributed by atoms with Gasteiger partial charge in [0.1, 0.15) is 0 Å². The molecule has 5 heteroatoms. The lowest BCUT2D eigenvalue weighted by atomic mass is 10.1. The fraction of sp³-hybridized carbons (Fsp3) is 0.222. The Kier molecular flexibility index (Phi) is 4.02. The first-order valence-corrected chi connectivity index (χ1v) is 7.57. The van der Waals surface area contributed by atoms with E-state index >= 15 is 0 Å². The van der Waals surface area contributed by atoms with Crippen molar-refractivity contribution in [2.24, 2.45) is 0 Å². The van der Waals surface area contributed by atoms with E-state index in [1.165, 1.54) is 0 Å². The number of hydrogen-bond donors (Lipinski definition) is 2. The number of carbonyl (C=O) groups excluding carboxylic acids is 1. The second-order valence-corrected chi connectivity index (χ2v) is 5.75. The number of anilines is 1. The Morgan fingerprint density at radius 1 is 1.13 bits per heavy atom. The molecule has 0 unspecified atom stereocenters. The molecule has 2 aromatic rings. The van der Waals surface area contributed by atoms with Crippen LogP contribution in [0.3, 0.4) is 0 Å². The number of nitrogens with zero attached hydrogens (tertiary/aromatic N) is 2. The molecule has 1 saturated heterocycles. The van der Waals surface area contributed by atoms with Gasteiger partial charge >= 0.3 is 11.9 Å². The molecule has 0 atom stereocenters. The maximum absolute atomic E-state index is 12.1. The van der Waals surface area contributed by atoms with Crippen LogP contribution in [-0.2, 0) is 0 Å². The zero-order valence-electron chi connectivity index (χ0n) is 13.3. The monoisotopic (exact) mass is 310 g/mol. The van der Waals surface area contributed by atoms with Crippen molar-refractivity contribution >= 4 is 23.3 Å². The minimum atomic E-state index is -0.00566. The summed E-state index contributed by atoms with van der Waals surface area (Å²) in [5, 5.41) is 10.2. The van der Waals surface area contributed by atoms with Crippen LogP contribution in [0.15, 0.2) is 48.5 Å². The maximum Gasteiger partial charge on any atom is 0.371 e. The highest BCUT2D eigenvalue weighted by Gasteiger charge is 2.26. The first-order chi connectivity index (χ1) is 11.0. The number of rotatable bonds is 3. The van der Waals surface area contributed by atoms with Gasteiger partial charge in [-0.25, -0.2) is 4.79 Å². The van der Waals surface area contributed by atoms with Crippen LogP contribution >= 0.6 is 0 Å². The fourth-order valence-corrected chi connectivity index (χ4v) is 2.56. The molecule has 0 saturated carbocycles. The molecule has 2 N–H and O–H groups in total. The van der Waals surface area contributed by atoms with Crippen molar-refractivity contribution in [2.75, 3.05) is 25.0 Å². The predicted octanol–water partition coefficient (Wildman–Crippen LogP) is 1.58. The summed E-state index contributed by atoms with van der Waals surface area (Å²) < 4.78 is 0. The SMILES string of the molecule is Cc1ccc(C(O)=[NH+]c2cccc(N3CCN(C)C3=O)c2)cc1. The third kappa shape index (κ3) is 3.18. The van der Waals surface area contributed by atoms with Gasteiger partial charge in [0.25, 0.3) is 0 Å². The molecule has 0 spiro atoms. The van der Waals surface area contributed by atoms with Crippen LogP contribution < -0.4 is 9.89 Å². The average molecular weight is 310 g/mol. The van der Waals surface area contributed by atoms with E-state index in [1.807, 2.05) is 55.5 Å². The van der Waals surface area contributed by atoms with Gasteiger partial charge in [-0.3, -0.25) is 4.90 Å². The van der Waals surface area contributed by atoms with Gasteiger partial charge in [0.05, 0.1) is 11.3 Å². The number of carbonyl (C=O) groups is 1. The predicted molar refractivity (Wildman–Crippen MR) is 90.4 cm³/mol. The number of nitrogens with one attached hydrogen (secondary N) is 1. The van der Waals surface area contributed by atoms with Crippen molar-refractivity contribution in [1.82, 2.24) is 4.90 Å². The summed E-state index contributed by atoms with van der Waals surface area (Å²) in [5.74, 6) is 0.0898. The van der Waals surface area contributed by atoms with E-state index in [-0.39, 0.29) is 11.9 Å². The Morgan fingerprint density at radius 2 is 1.87 bits per heavy atom. The highest BCUT2D eigenvalue weighted by Crippen LogP contribution is 2.21. The summed E-state index contributed by atoms with van der Waals surface area (Å²) in [6.45, 7) is 3.39. The van der Waals surface area contributed by atoms with E-state index in [0.29, 0.717) is 6.54 Å². The van der Waals surface area contributed by atoms with E-state index < -0.39 is 0 Å². The highest BCUT2D eigenvalue weighted by molar-refractivity contribution is 5.94. The second kappa shape index (κ2) is 6.12. The van der Waals surface area contributed by atoms with Crippen molar-refractivity contribution in [3.8, 4) is 0 Å². The zero-order chi connectivity index (χ0) is 16.4. The van der Waals surface area contributed by atoms with Crippen molar-refractivity contribution in [3.63, 3.8) is 0 Å². The number of aliphatic hydroxyl groups excluding tert-OH is 1. The van der Waals surface area contributed by atoms with Crippen LogP contribution in [0.1, 0.15) is 11.1 Å². The molecule has 1 aliphatic rings. The van der Waals surface area contributed by atoms with Crippen LogP contribution in [0, 0.1) is 6.92 Å². The average Bonchev–Trinajstić information content (AvgIpc) is 2.88. The third-order valence-electron chi connectivity index (χ3n) is 3.96. The number of amides is 2.